The van der Waals surface area contributed by atoms with Crippen LogP contribution in [0, 0.1) is 0 Å². The first kappa shape index (κ1) is 13.1. The lowest BCUT2D eigenvalue weighted by Crippen LogP contribution is -2.13. The van der Waals surface area contributed by atoms with E-state index in [2.05, 4.69) is 9.97 Å². The van der Waals surface area contributed by atoms with E-state index in [0.717, 1.165) is 12.0 Å². The average Bonchev–Trinajstić information content (AvgIpc) is 2.43. The lowest BCUT2D eigenvalue weighted by atomic mass is 10.1. The molecule has 0 atom stereocenters. The molecule has 0 spiro atoms. The van der Waals surface area contributed by atoms with Crippen molar-refractivity contribution in [2.45, 2.75) is 6.42 Å². The summed E-state index contributed by atoms with van der Waals surface area (Å²) in [7, 11) is 1.67. The van der Waals surface area contributed by atoms with Crippen LogP contribution < -0.4 is 16.0 Å². The molecule has 1 aromatic heterocycles. The molecule has 0 unspecified atom stereocenters. The lowest BCUT2D eigenvalue weighted by Gasteiger charge is -2.07. The Kier molecular flexibility index (Phi) is 4.15. The van der Waals surface area contributed by atoms with Gasteiger partial charge < -0.3 is 20.2 Å². The number of nitrogens with one attached hydrogen (secondary N) is 1. The molecule has 1 aromatic carbocycles. The molecule has 2 rings (SSSR count). The second-order valence-corrected chi connectivity index (χ2v) is 3.94. The van der Waals surface area contributed by atoms with Crippen molar-refractivity contribution in [1.29, 1.82) is 0 Å². The van der Waals surface area contributed by atoms with Gasteiger partial charge in [-0.15, -0.1) is 0 Å². The van der Waals surface area contributed by atoms with Gasteiger partial charge >= 0.3 is 0 Å². The summed E-state index contributed by atoms with van der Waals surface area (Å²) in [6.45, 7) is 0.669. The summed E-state index contributed by atoms with van der Waals surface area (Å²) in [5.41, 5.74) is 6.27. The van der Waals surface area contributed by atoms with Gasteiger partial charge in [-0.3, -0.25) is 4.79 Å². The number of aromatic nitrogens is 2. The Hall–Kier alpha value is -2.34. The fourth-order valence-corrected chi connectivity index (χ4v) is 1.53. The number of rotatable bonds is 5. The molecule has 0 aliphatic carbocycles. The molecule has 2 aromatic rings. The first-order valence-electron chi connectivity index (χ1n) is 5.79. The number of nitrogens with two attached hydrogens (primary N) is 1. The molecule has 0 aliphatic rings. The largest absolute Gasteiger partial charge is 0.437 e. The molecule has 0 aliphatic heterocycles. The van der Waals surface area contributed by atoms with Crippen LogP contribution in [0.4, 0.5) is 5.69 Å². The standard InChI is InChI=1S/C13H15N3O3/c1-18-7-6-9-2-4-10(5-3-9)19-13-11(14)12(17)15-8-16-13/h2-5,8H,6-7,14H2,1H3,(H,15,16,17). The van der Waals surface area contributed by atoms with Gasteiger partial charge in [-0.25, -0.2) is 4.98 Å². The maximum absolute atomic E-state index is 11.3. The van der Waals surface area contributed by atoms with E-state index < -0.39 is 5.56 Å². The molecule has 0 amide bonds. The highest BCUT2D eigenvalue weighted by molar-refractivity contribution is 5.47. The highest BCUT2D eigenvalue weighted by Gasteiger charge is 2.06. The highest BCUT2D eigenvalue weighted by Crippen LogP contribution is 2.22. The molecule has 6 nitrogen and oxygen atoms in total. The number of aromatic amines is 1. The summed E-state index contributed by atoms with van der Waals surface area (Å²) in [6.07, 6.45) is 2.09. The summed E-state index contributed by atoms with van der Waals surface area (Å²) in [5, 5.41) is 0. The number of nitrogen functional groups attached to an aromatic ring is 1. The van der Waals surface area contributed by atoms with Gasteiger partial charge in [0.05, 0.1) is 12.9 Å². The van der Waals surface area contributed by atoms with Gasteiger partial charge in [0.15, 0.2) is 5.69 Å². The molecule has 3 N–H and O–H groups in total. The molecule has 19 heavy (non-hydrogen) atoms. The lowest BCUT2D eigenvalue weighted by molar-refractivity contribution is 0.202. The van der Waals surface area contributed by atoms with E-state index in [4.69, 9.17) is 15.2 Å². The third-order valence-corrected chi connectivity index (χ3v) is 2.59. The van der Waals surface area contributed by atoms with Crippen LogP contribution in [0.3, 0.4) is 0 Å². The molecule has 0 radical (unpaired) electrons. The fraction of sp³-hybridized carbons (Fsp3) is 0.231. The van der Waals surface area contributed by atoms with Crippen molar-refractivity contribution in [3.8, 4) is 11.6 Å². The number of benzene rings is 1. The van der Waals surface area contributed by atoms with Crippen molar-refractivity contribution in [2.24, 2.45) is 0 Å². The van der Waals surface area contributed by atoms with Crippen LogP contribution in [0.5, 0.6) is 11.6 Å². The van der Waals surface area contributed by atoms with E-state index >= 15 is 0 Å². The molecule has 0 saturated carbocycles. The Morgan fingerprint density at radius 1 is 1.32 bits per heavy atom. The van der Waals surface area contributed by atoms with Gasteiger partial charge in [0.1, 0.15) is 5.75 Å². The van der Waals surface area contributed by atoms with Gasteiger partial charge in [-0.2, -0.15) is 0 Å². The molecular weight excluding hydrogens is 246 g/mol. The van der Waals surface area contributed by atoms with Crippen LogP contribution in [0.25, 0.3) is 0 Å². The van der Waals surface area contributed by atoms with Crippen LogP contribution in [0.1, 0.15) is 5.56 Å². The average molecular weight is 261 g/mol. The molecule has 0 fully saturated rings. The predicted molar refractivity (Wildman–Crippen MR) is 71.4 cm³/mol. The zero-order valence-electron chi connectivity index (χ0n) is 10.6. The van der Waals surface area contributed by atoms with Gasteiger partial charge in [0.2, 0.25) is 5.88 Å². The normalized spacial score (nSPS) is 10.4. The third kappa shape index (κ3) is 3.32. The number of ether oxygens (including phenoxy) is 2. The number of H-pyrrole nitrogens is 1. The van der Waals surface area contributed by atoms with E-state index in [0.29, 0.717) is 12.4 Å². The minimum Gasteiger partial charge on any atom is -0.437 e. The Morgan fingerprint density at radius 2 is 2.05 bits per heavy atom. The van der Waals surface area contributed by atoms with Gasteiger partial charge in [0, 0.05) is 7.11 Å². The monoisotopic (exact) mass is 261 g/mol. The topological polar surface area (TPSA) is 90.2 Å². The van der Waals surface area contributed by atoms with Crippen molar-refractivity contribution in [2.75, 3.05) is 19.5 Å². The van der Waals surface area contributed by atoms with E-state index in [-0.39, 0.29) is 11.6 Å². The minimum absolute atomic E-state index is 0.0361. The Labute approximate surface area is 110 Å². The molecule has 1 heterocycles. The second kappa shape index (κ2) is 6.01. The molecular formula is C13H15N3O3. The number of hydrogen-bond acceptors (Lipinski definition) is 5. The van der Waals surface area contributed by atoms with E-state index in [1.54, 1.807) is 19.2 Å². The Bertz CT molecular complexity index is 593. The zero-order chi connectivity index (χ0) is 13.7. The molecule has 100 valence electrons. The molecule has 0 bridgehead atoms. The van der Waals surface area contributed by atoms with Crippen LogP contribution in [0.15, 0.2) is 35.4 Å². The fourth-order valence-electron chi connectivity index (χ4n) is 1.53. The maximum Gasteiger partial charge on any atom is 0.277 e. The van der Waals surface area contributed by atoms with Crippen molar-refractivity contribution in [3.05, 3.63) is 46.5 Å². The summed E-state index contributed by atoms with van der Waals surface area (Å²) in [5.74, 6) is 0.680. The molecule has 0 saturated heterocycles. The summed E-state index contributed by atoms with van der Waals surface area (Å²) >= 11 is 0. The van der Waals surface area contributed by atoms with Crippen molar-refractivity contribution >= 4 is 5.69 Å². The number of anilines is 1. The van der Waals surface area contributed by atoms with Crippen LogP contribution in [-0.4, -0.2) is 23.7 Å². The first-order chi connectivity index (χ1) is 9.20. The van der Waals surface area contributed by atoms with Crippen molar-refractivity contribution in [1.82, 2.24) is 9.97 Å². The summed E-state index contributed by atoms with van der Waals surface area (Å²) in [6, 6.07) is 7.45. The Morgan fingerprint density at radius 3 is 2.74 bits per heavy atom. The summed E-state index contributed by atoms with van der Waals surface area (Å²) in [4.78, 5) is 17.5. The quantitative estimate of drug-likeness (QED) is 0.847. The van der Waals surface area contributed by atoms with Crippen molar-refractivity contribution < 1.29 is 9.47 Å². The highest BCUT2D eigenvalue weighted by atomic mass is 16.5. The Balaban J connectivity index is 2.11. The predicted octanol–water partition coefficient (Wildman–Crippen LogP) is 1.33. The van der Waals surface area contributed by atoms with Gasteiger partial charge in [0.25, 0.3) is 5.56 Å². The first-order valence-corrected chi connectivity index (χ1v) is 5.79. The molecule has 6 heteroatoms. The summed E-state index contributed by atoms with van der Waals surface area (Å²) < 4.78 is 10.5. The van der Waals surface area contributed by atoms with Crippen molar-refractivity contribution in [3.63, 3.8) is 0 Å². The maximum atomic E-state index is 11.3. The van der Waals surface area contributed by atoms with Gasteiger partial charge in [-0.1, -0.05) is 12.1 Å². The van der Waals surface area contributed by atoms with E-state index in [1.165, 1.54) is 6.33 Å². The van der Waals surface area contributed by atoms with Crippen LogP contribution in [-0.2, 0) is 11.2 Å². The third-order valence-electron chi connectivity index (χ3n) is 2.59. The number of hydrogen-bond donors (Lipinski definition) is 2. The zero-order valence-corrected chi connectivity index (χ0v) is 10.6. The minimum atomic E-state index is -0.415. The second-order valence-electron chi connectivity index (χ2n) is 3.94. The van der Waals surface area contributed by atoms with E-state index in [1.807, 2.05) is 12.1 Å². The van der Waals surface area contributed by atoms with Crippen LogP contribution in [0.2, 0.25) is 0 Å². The number of nitrogens with zero attached hydrogens (tertiary/aromatic N) is 1. The van der Waals surface area contributed by atoms with Gasteiger partial charge in [-0.05, 0) is 24.1 Å². The van der Waals surface area contributed by atoms with E-state index in [9.17, 15) is 4.79 Å². The smallest absolute Gasteiger partial charge is 0.277 e. The van der Waals surface area contributed by atoms with Crippen LogP contribution >= 0.6 is 0 Å². The SMILES string of the molecule is COCCc1ccc(Oc2nc[nH]c(=O)c2N)cc1. The number of methoxy groups -OCH3 is 1.